The molecule has 18 heavy (non-hydrogen) atoms. The van der Waals surface area contributed by atoms with Crippen LogP contribution in [0.2, 0.25) is 0 Å². The van der Waals surface area contributed by atoms with E-state index in [-0.39, 0.29) is 23.3 Å². The molecule has 3 N–H and O–H groups in total. The molecule has 104 valence electrons. The number of aliphatic hydroxyl groups excluding tert-OH is 1. The van der Waals surface area contributed by atoms with Gasteiger partial charge in [-0.15, -0.1) is 0 Å². The van der Waals surface area contributed by atoms with Gasteiger partial charge in [0.05, 0.1) is 5.41 Å². The maximum Gasteiger partial charge on any atom is 0.227 e. The number of hydrogen-bond donors (Lipinski definition) is 3. The second kappa shape index (κ2) is 5.17. The van der Waals surface area contributed by atoms with Gasteiger partial charge in [0.1, 0.15) is 0 Å². The molecule has 2 fully saturated rings. The molecule has 1 atom stereocenters. The van der Waals surface area contributed by atoms with E-state index in [4.69, 9.17) is 5.11 Å². The van der Waals surface area contributed by atoms with Gasteiger partial charge in [-0.3, -0.25) is 4.79 Å². The van der Waals surface area contributed by atoms with Gasteiger partial charge in [0.15, 0.2) is 0 Å². The van der Waals surface area contributed by atoms with Crippen LogP contribution in [-0.2, 0) is 4.79 Å². The first-order valence-electron chi connectivity index (χ1n) is 7.15. The van der Waals surface area contributed by atoms with Crippen molar-refractivity contribution in [3.05, 3.63) is 0 Å². The molecular formula is C14H26N2O2. The maximum atomic E-state index is 12.5. The molecule has 0 bridgehead atoms. The number of rotatable bonds is 6. The van der Waals surface area contributed by atoms with Crippen molar-refractivity contribution in [3.8, 4) is 0 Å². The molecular weight excluding hydrogens is 228 g/mol. The predicted octanol–water partition coefficient (Wildman–Crippen LogP) is 0.901. The van der Waals surface area contributed by atoms with E-state index in [2.05, 4.69) is 24.5 Å². The normalized spacial score (nSPS) is 29.6. The lowest BCUT2D eigenvalue weighted by Gasteiger charge is -2.32. The molecule has 0 radical (unpaired) electrons. The van der Waals surface area contributed by atoms with Crippen molar-refractivity contribution >= 4 is 5.91 Å². The summed E-state index contributed by atoms with van der Waals surface area (Å²) in [5.74, 6) is 0.562. The number of amides is 1. The number of carbonyl (C=O) groups is 1. The van der Waals surface area contributed by atoms with Gasteiger partial charge in [0, 0.05) is 19.7 Å². The Bertz CT molecular complexity index is 305. The minimum absolute atomic E-state index is 0.201. The fraction of sp³-hybridized carbons (Fsp3) is 0.929. The van der Waals surface area contributed by atoms with E-state index < -0.39 is 0 Å². The molecule has 1 aliphatic carbocycles. The van der Waals surface area contributed by atoms with Crippen molar-refractivity contribution in [2.45, 2.75) is 39.5 Å². The van der Waals surface area contributed by atoms with Gasteiger partial charge in [-0.2, -0.15) is 0 Å². The highest BCUT2D eigenvalue weighted by atomic mass is 16.3. The first kappa shape index (κ1) is 13.8. The third-order valence-corrected chi connectivity index (χ3v) is 4.97. The van der Waals surface area contributed by atoms with E-state index in [1.807, 2.05) is 0 Å². The molecule has 0 aromatic rings. The fourth-order valence-electron chi connectivity index (χ4n) is 3.03. The molecule has 4 heteroatoms. The van der Waals surface area contributed by atoms with E-state index in [1.165, 1.54) is 0 Å². The van der Waals surface area contributed by atoms with E-state index in [9.17, 15) is 4.79 Å². The Kier molecular flexibility index (Phi) is 3.97. The van der Waals surface area contributed by atoms with E-state index in [0.29, 0.717) is 5.92 Å². The first-order valence-corrected chi connectivity index (χ1v) is 7.15. The topological polar surface area (TPSA) is 61.4 Å². The van der Waals surface area contributed by atoms with Crippen molar-refractivity contribution in [2.24, 2.45) is 16.7 Å². The van der Waals surface area contributed by atoms with Crippen LogP contribution in [0.15, 0.2) is 0 Å². The van der Waals surface area contributed by atoms with Crippen LogP contribution in [-0.4, -0.2) is 37.3 Å². The van der Waals surface area contributed by atoms with Gasteiger partial charge >= 0.3 is 0 Å². The summed E-state index contributed by atoms with van der Waals surface area (Å²) >= 11 is 0. The molecule has 1 unspecified atom stereocenters. The summed E-state index contributed by atoms with van der Waals surface area (Å²) in [4.78, 5) is 12.5. The molecule has 1 saturated carbocycles. The highest BCUT2D eigenvalue weighted by Gasteiger charge is 2.46. The predicted molar refractivity (Wildman–Crippen MR) is 71.1 cm³/mol. The molecule has 4 nitrogen and oxygen atoms in total. The summed E-state index contributed by atoms with van der Waals surface area (Å²) < 4.78 is 0. The summed E-state index contributed by atoms with van der Waals surface area (Å²) in [6.07, 6.45) is 4.03. The molecule has 0 spiro atoms. The Morgan fingerprint density at radius 3 is 2.56 bits per heavy atom. The van der Waals surface area contributed by atoms with Crippen molar-refractivity contribution in [1.29, 1.82) is 0 Å². The Balaban J connectivity index is 1.90. The number of carbonyl (C=O) groups excluding carboxylic acids is 1. The van der Waals surface area contributed by atoms with E-state index in [1.54, 1.807) is 0 Å². The van der Waals surface area contributed by atoms with Gasteiger partial charge in [0.25, 0.3) is 0 Å². The smallest absolute Gasteiger partial charge is 0.227 e. The monoisotopic (exact) mass is 254 g/mol. The van der Waals surface area contributed by atoms with E-state index >= 15 is 0 Å². The standard InChI is InChI=1S/C14H26N2O2/c1-11(2)14(5-7-15-10-14)12(18)16-9-13(3-4-13)6-8-17/h11,15,17H,3-10H2,1-2H3,(H,16,18). The van der Waals surface area contributed by atoms with Crippen molar-refractivity contribution in [2.75, 3.05) is 26.2 Å². The zero-order valence-corrected chi connectivity index (χ0v) is 11.6. The van der Waals surface area contributed by atoms with Crippen LogP contribution in [0.25, 0.3) is 0 Å². The average Bonchev–Trinajstić information content (AvgIpc) is 2.92. The molecule has 1 aliphatic heterocycles. The highest BCUT2D eigenvalue weighted by Crippen LogP contribution is 2.48. The van der Waals surface area contributed by atoms with Crippen LogP contribution in [0.4, 0.5) is 0 Å². The Morgan fingerprint density at radius 2 is 2.11 bits per heavy atom. The van der Waals surface area contributed by atoms with Gasteiger partial charge < -0.3 is 15.7 Å². The third-order valence-electron chi connectivity index (χ3n) is 4.97. The van der Waals surface area contributed by atoms with Gasteiger partial charge in [0.2, 0.25) is 5.91 Å². The zero-order valence-electron chi connectivity index (χ0n) is 11.6. The largest absolute Gasteiger partial charge is 0.396 e. The van der Waals surface area contributed by atoms with Gasteiger partial charge in [-0.05, 0) is 43.6 Å². The lowest BCUT2D eigenvalue weighted by molar-refractivity contribution is -0.132. The SMILES string of the molecule is CC(C)C1(C(=O)NCC2(CCO)CC2)CCNC1. The molecule has 0 aromatic carbocycles. The molecule has 0 aromatic heterocycles. The quantitative estimate of drug-likeness (QED) is 0.660. The molecule has 1 saturated heterocycles. The van der Waals surface area contributed by atoms with Crippen molar-refractivity contribution in [3.63, 3.8) is 0 Å². The number of hydrogen-bond acceptors (Lipinski definition) is 3. The summed E-state index contributed by atoms with van der Waals surface area (Å²) in [5.41, 5.74) is -0.0239. The van der Waals surface area contributed by atoms with Crippen LogP contribution < -0.4 is 10.6 Å². The van der Waals surface area contributed by atoms with E-state index in [0.717, 1.165) is 45.3 Å². The Morgan fingerprint density at radius 1 is 1.39 bits per heavy atom. The highest BCUT2D eigenvalue weighted by molar-refractivity contribution is 5.83. The van der Waals surface area contributed by atoms with Gasteiger partial charge in [-0.1, -0.05) is 13.8 Å². The van der Waals surface area contributed by atoms with Crippen molar-refractivity contribution in [1.82, 2.24) is 10.6 Å². The first-order chi connectivity index (χ1) is 8.55. The second-order valence-electron chi connectivity index (χ2n) is 6.39. The molecule has 2 rings (SSSR count). The molecule has 1 amide bonds. The summed E-state index contributed by atoms with van der Waals surface area (Å²) in [5, 5.41) is 15.5. The van der Waals surface area contributed by atoms with Crippen molar-refractivity contribution < 1.29 is 9.90 Å². The number of aliphatic hydroxyl groups is 1. The van der Waals surface area contributed by atoms with Crippen LogP contribution >= 0.6 is 0 Å². The average molecular weight is 254 g/mol. The minimum Gasteiger partial charge on any atom is -0.396 e. The van der Waals surface area contributed by atoms with Crippen LogP contribution in [0.3, 0.4) is 0 Å². The summed E-state index contributed by atoms with van der Waals surface area (Å²) in [6, 6.07) is 0. The summed E-state index contributed by atoms with van der Waals surface area (Å²) in [6.45, 7) is 6.96. The summed E-state index contributed by atoms with van der Waals surface area (Å²) in [7, 11) is 0. The lowest BCUT2D eigenvalue weighted by Crippen LogP contribution is -2.47. The second-order valence-corrected chi connectivity index (χ2v) is 6.39. The zero-order chi connectivity index (χ0) is 13.2. The van der Waals surface area contributed by atoms with Gasteiger partial charge in [-0.25, -0.2) is 0 Å². The Labute approximate surface area is 110 Å². The van der Waals surface area contributed by atoms with Crippen LogP contribution in [0, 0.1) is 16.7 Å². The maximum absolute atomic E-state index is 12.5. The molecule has 1 heterocycles. The third kappa shape index (κ3) is 2.54. The Hall–Kier alpha value is -0.610. The minimum atomic E-state index is -0.227. The van der Waals surface area contributed by atoms with Crippen LogP contribution in [0.1, 0.15) is 39.5 Å². The lowest BCUT2D eigenvalue weighted by atomic mass is 9.75. The fourth-order valence-corrected chi connectivity index (χ4v) is 3.03. The molecule has 2 aliphatic rings. The number of nitrogens with one attached hydrogen (secondary N) is 2. The van der Waals surface area contributed by atoms with Crippen LogP contribution in [0.5, 0.6) is 0 Å².